The van der Waals surface area contributed by atoms with Crippen molar-refractivity contribution in [2.75, 3.05) is 5.32 Å². The lowest BCUT2D eigenvalue weighted by Crippen LogP contribution is -2.36. The van der Waals surface area contributed by atoms with Crippen LogP contribution in [0.3, 0.4) is 0 Å². The number of Topliss-reactive ketones (excluding diaryl/α,β-unsaturated/α-hetero) is 1. The van der Waals surface area contributed by atoms with Crippen LogP contribution in [0.15, 0.2) is 89.2 Å². The maximum Gasteiger partial charge on any atom is 0.227 e. The number of anilines is 1. The van der Waals surface area contributed by atoms with Crippen molar-refractivity contribution in [1.29, 1.82) is 0 Å². The van der Waals surface area contributed by atoms with Crippen LogP contribution in [0.4, 0.5) is 5.95 Å². The molecule has 0 amide bonds. The van der Waals surface area contributed by atoms with Gasteiger partial charge >= 0.3 is 0 Å². The molecule has 1 N–H and O–H groups in total. The van der Waals surface area contributed by atoms with E-state index in [1.54, 1.807) is 0 Å². The molecule has 2 aliphatic rings. The van der Waals surface area contributed by atoms with Crippen LogP contribution in [0, 0.1) is 12.3 Å². The number of rotatable bonds is 7. The van der Waals surface area contributed by atoms with Crippen LogP contribution in [0.5, 0.6) is 5.75 Å². The highest BCUT2D eigenvalue weighted by atomic mass is 35.5. The molecule has 2 heterocycles. The van der Waals surface area contributed by atoms with E-state index in [2.05, 4.69) is 50.4 Å². The SMILES string of the molecule is Cc1ccc(COc2cccc(C3C4=C(CC(C)(C)CC4=O)Nc4nc(SCc5ccccc5Cl)nn43)c2)cc1. The van der Waals surface area contributed by atoms with E-state index in [9.17, 15) is 4.79 Å². The summed E-state index contributed by atoms with van der Waals surface area (Å²) in [6, 6.07) is 23.7. The van der Waals surface area contributed by atoms with Gasteiger partial charge in [0.05, 0.1) is 0 Å². The molecule has 1 aliphatic heterocycles. The molecular weight excluding hydrogens is 540 g/mol. The Bertz CT molecular complexity index is 1610. The number of thioether (sulfide) groups is 1. The molecule has 6 rings (SSSR count). The molecule has 0 spiro atoms. The lowest BCUT2D eigenvalue weighted by molar-refractivity contribution is -0.118. The molecule has 1 unspecified atom stereocenters. The Morgan fingerprint density at radius 2 is 1.88 bits per heavy atom. The van der Waals surface area contributed by atoms with Crippen LogP contribution in [-0.4, -0.2) is 20.5 Å². The first-order valence-corrected chi connectivity index (χ1v) is 14.8. The predicted molar refractivity (Wildman–Crippen MR) is 160 cm³/mol. The van der Waals surface area contributed by atoms with E-state index in [4.69, 9.17) is 26.4 Å². The number of carbonyl (C=O) groups is 1. The number of ether oxygens (including phenoxy) is 1. The Balaban J connectivity index is 1.33. The van der Waals surface area contributed by atoms with E-state index < -0.39 is 0 Å². The number of nitrogens with one attached hydrogen (secondary N) is 1. The van der Waals surface area contributed by atoms with E-state index >= 15 is 0 Å². The Hall–Kier alpha value is -3.55. The quantitative estimate of drug-likeness (QED) is 0.229. The second-order valence-corrected chi connectivity index (χ2v) is 12.6. The summed E-state index contributed by atoms with van der Waals surface area (Å²) in [5.41, 5.74) is 5.85. The molecule has 3 aromatic carbocycles. The standard InChI is InChI=1S/C32H31ClN4O2S/c1-20-11-13-21(14-12-20)18-39-24-9-6-8-22(15-24)29-28-26(16-32(2,3)17-27(28)38)34-30-35-31(36-37(29)30)40-19-23-7-4-5-10-25(23)33/h4-15,29H,16-19H2,1-3H3,(H,34,35,36). The minimum atomic E-state index is -0.389. The summed E-state index contributed by atoms with van der Waals surface area (Å²) in [5, 5.41) is 9.70. The minimum absolute atomic E-state index is 0.129. The molecular formula is C32H31ClN4O2S. The van der Waals surface area contributed by atoms with Gasteiger partial charge in [0.2, 0.25) is 11.1 Å². The highest BCUT2D eigenvalue weighted by Gasteiger charge is 2.42. The van der Waals surface area contributed by atoms with Crippen LogP contribution < -0.4 is 10.1 Å². The molecule has 0 bridgehead atoms. The normalized spacial score (nSPS) is 17.7. The van der Waals surface area contributed by atoms with Gasteiger partial charge in [0.25, 0.3) is 0 Å². The van der Waals surface area contributed by atoms with E-state index in [1.165, 1.54) is 17.3 Å². The third kappa shape index (κ3) is 5.54. The number of hydrogen-bond acceptors (Lipinski definition) is 6. The average molecular weight is 571 g/mol. The van der Waals surface area contributed by atoms with Gasteiger partial charge < -0.3 is 10.1 Å². The van der Waals surface area contributed by atoms with E-state index in [-0.39, 0.29) is 17.2 Å². The van der Waals surface area contributed by atoms with Crippen LogP contribution >= 0.6 is 23.4 Å². The van der Waals surface area contributed by atoms with Crippen molar-refractivity contribution in [2.45, 2.75) is 57.2 Å². The van der Waals surface area contributed by atoms with Gasteiger partial charge in [-0.25, -0.2) is 4.68 Å². The Labute approximate surface area is 243 Å². The lowest BCUT2D eigenvalue weighted by Gasteiger charge is -2.38. The summed E-state index contributed by atoms with van der Waals surface area (Å²) >= 11 is 7.91. The Morgan fingerprint density at radius 1 is 1.07 bits per heavy atom. The average Bonchev–Trinajstić information content (AvgIpc) is 3.33. The van der Waals surface area contributed by atoms with Gasteiger partial charge in [-0.1, -0.05) is 97.4 Å². The number of allylic oxidation sites excluding steroid dienone is 2. The molecule has 6 nitrogen and oxygen atoms in total. The second kappa shape index (κ2) is 10.8. The van der Waals surface area contributed by atoms with Gasteiger partial charge in [-0.3, -0.25) is 4.79 Å². The fourth-order valence-corrected chi connectivity index (χ4v) is 6.46. The third-order valence-electron chi connectivity index (χ3n) is 7.33. The summed E-state index contributed by atoms with van der Waals surface area (Å²) in [5.74, 6) is 2.18. The van der Waals surface area contributed by atoms with Crippen molar-refractivity contribution < 1.29 is 9.53 Å². The maximum atomic E-state index is 13.6. The number of fused-ring (bicyclic) bond motifs is 1. The molecule has 0 fully saturated rings. The van der Waals surface area contributed by atoms with Gasteiger partial charge in [0.15, 0.2) is 5.78 Å². The number of carbonyl (C=O) groups excluding carboxylic acids is 1. The first-order valence-electron chi connectivity index (χ1n) is 13.4. The molecule has 40 heavy (non-hydrogen) atoms. The molecule has 204 valence electrons. The Morgan fingerprint density at radius 3 is 2.67 bits per heavy atom. The number of aromatic nitrogens is 3. The number of hydrogen-bond donors (Lipinski definition) is 1. The van der Waals surface area contributed by atoms with Crippen molar-refractivity contribution in [3.63, 3.8) is 0 Å². The minimum Gasteiger partial charge on any atom is -0.489 e. The van der Waals surface area contributed by atoms with E-state index in [0.29, 0.717) is 29.9 Å². The van der Waals surface area contributed by atoms with Crippen LogP contribution in [0.2, 0.25) is 5.02 Å². The largest absolute Gasteiger partial charge is 0.489 e. The Kier molecular flexibility index (Phi) is 7.19. The van der Waals surface area contributed by atoms with Crippen LogP contribution in [0.25, 0.3) is 0 Å². The lowest BCUT2D eigenvalue weighted by atomic mass is 9.73. The zero-order valence-electron chi connectivity index (χ0n) is 22.8. The van der Waals surface area contributed by atoms with Gasteiger partial charge in [-0.05, 0) is 53.6 Å². The molecule has 1 aromatic heterocycles. The maximum absolute atomic E-state index is 13.6. The first-order chi connectivity index (χ1) is 19.3. The molecule has 1 aliphatic carbocycles. The topological polar surface area (TPSA) is 69.0 Å². The van der Waals surface area contributed by atoms with Crippen molar-refractivity contribution in [3.8, 4) is 5.75 Å². The number of ketones is 1. The zero-order valence-corrected chi connectivity index (χ0v) is 24.4. The monoisotopic (exact) mass is 570 g/mol. The zero-order chi connectivity index (χ0) is 27.9. The van der Waals surface area contributed by atoms with E-state index in [1.807, 2.05) is 53.2 Å². The molecule has 4 aromatic rings. The van der Waals surface area contributed by atoms with Crippen molar-refractivity contribution in [3.05, 3.63) is 111 Å². The highest BCUT2D eigenvalue weighted by molar-refractivity contribution is 7.98. The number of benzene rings is 3. The smallest absolute Gasteiger partial charge is 0.227 e. The van der Waals surface area contributed by atoms with Crippen LogP contribution in [-0.2, 0) is 17.2 Å². The summed E-state index contributed by atoms with van der Waals surface area (Å²) in [4.78, 5) is 18.4. The van der Waals surface area contributed by atoms with Crippen LogP contribution in [0.1, 0.15) is 55.0 Å². The molecule has 0 saturated carbocycles. The van der Waals surface area contributed by atoms with Gasteiger partial charge in [-0.15, -0.1) is 5.10 Å². The van der Waals surface area contributed by atoms with Crippen molar-refractivity contribution in [2.24, 2.45) is 5.41 Å². The van der Waals surface area contributed by atoms with Gasteiger partial charge in [-0.2, -0.15) is 4.98 Å². The third-order valence-corrected chi connectivity index (χ3v) is 8.58. The van der Waals surface area contributed by atoms with E-state index in [0.717, 1.165) is 45.2 Å². The molecule has 0 saturated heterocycles. The van der Waals surface area contributed by atoms with Crippen molar-refractivity contribution >= 4 is 35.1 Å². The summed E-state index contributed by atoms with van der Waals surface area (Å²) < 4.78 is 8.02. The summed E-state index contributed by atoms with van der Waals surface area (Å²) in [6.45, 7) is 6.81. The first kappa shape index (κ1) is 26.7. The molecule has 0 radical (unpaired) electrons. The fourth-order valence-electron chi connectivity index (χ4n) is 5.34. The highest BCUT2D eigenvalue weighted by Crippen LogP contribution is 2.46. The fraction of sp³-hybridized carbons (Fsp3) is 0.281. The second-order valence-electron chi connectivity index (χ2n) is 11.3. The van der Waals surface area contributed by atoms with Gasteiger partial charge in [0, 0.05) is 28.5 Å². The molecule has 8 heteroatoms. The van der Waals surface area contributed by atoms with Crippen molar-refractivity contribution in [1.82, 2.24) is 14.8 Å². The number of halogens is 1. The number of aryl methyl sites for hydroxylation is 1. The molecule has 1 atom stereocenters. The summed E-state index contributed by atoms with van der Waals surface area (Å²) in [7, 11) is 0. The van der Waals surface area contributed by atoms with Gasteiger partial charge in [0.1, 0.15) is 18.4 Å². The predicted octanol–water partition coefficient (Wildman–Crippen LogP) is 7.77. The summed E-state index contributed by atoms with van der Waals surface area (Å²) in [6.07, 6.45) is 1.26. The number of nitrogens with zero attached hydrogens (tertiary/aromatic N) is 3.